The molecule has 6 heteroatoms. The van der Waals surface area contributed by atoms with E-state index in [1.165, 1.54) is 0 Å². The van der Waals surface area contributed by atoms with Crippen molar-refractivity contribution in [2.75, 3.05) is 19.6 Å². The highest BCUT2D eigenvalue weighted by molar-refractivity contribution is 5.79. The van der Waals surface area contributed by atoms with E-state index in [-0.39, 0.29) is 11.9 Å². The molecule has 0 aromatic rings. The Morgan fingerprint density at radius 1 is 1.53 bits per heavy atom. The van der Waals surface area contributed by atoms with Crippen LogP contribution in [0.25, 0.3) is 0 Å². The van der Waals surface area contributed by atoms with Crippen LogP contribution >= 0.6 is 0 Å². The van der Waals surface area contributed by atoms with E-state index in [4.69, 9.17) is 10.9 Å². The third kappa shape index (κ3) is 4.93. The molecule has 17 heavy (non-hydrogen) atoms. The molecule has 0 spiro atoms. The molecule has 1 aliphatic rings. The summed E-state index contributed by atoms with van der Waals surface area (Å²) in [6, 6.07) is -0.00333. The van der Waals surface area contributed by atoms with Crippen LogP contribution in [0.4, 0.5) is 4.79 Å². The Bertz CT molecular complexity index is 273. The fourth-order valence-corrected chi connectivity index (χ4v) is 1.84. The molecule has 0 radical (unpaired) electrons. The molecule has 0 atom stereocenters. The van der Waals surface area contributed by atoms with Gasteiger partial charge in [0.25, 0.3) is 0 Å². The van der Waals surface area contributed by atoms with E-state index in [1.807, 2.05) is 4.90 Å². The first-order valence-corrected chi connectivity index (χ1v) is 6.12. The van der Waals surface area contributed by atoms with Gasteiger partial charge in [-0.1, -0.05) is 12.1 Å². The normalized spacial score (nSPS) is 18.2. The summed E-state index contributed by atoms with van der Waals surface area (Å²) in [7, 11) is 0. The Morgan fingerprint density at radius 3 is 2.76 bits per heavy atom. The number of hydrogen-bond donors (Lipinski definition) is 3. The summed E-state index contributed by atoms with van der Waals surface area (Å²) in [6.07, 6.45) is 3.34. The van der Waals surface area contributed by atoms with Gasteiger partial charge in [0.1, 0.15) is 5.84 Å². The Morgan fingerprint density at radius 2 is 2.18 bits per heavy atom. The zero-order valence-electron chi connectivity index (χ0n) is 10.4. The standard InChI is InChI=1S/C11H22N4O2/c1-9-4-7-15(8-5-9)11(16)13-6-2-3-10(12)14-17/h9,17H,2-8H2,1H3,(H2,12,14)(H,13,16). The zero-order chi connectivity index (χ0) is 12.7. The maximum absolute atomic E-state index is 11.7. The summed E-state index contributed by atoms with van der Waals surface area (Å²) in [5.41, 5.74) is 5.32. The molecule has 1 rings (SSSR count). The van der Waals surface area contributed by atoms with Gasteiger partial charge in [-0.2, -0.15) is 0 Å². The molecular weight excluding hydrogens is 220 g/mol. The summed E-state index contributed by atoms with van der Waals surface area (Å²) in [6.45, 7) is 4.45. The lowest BCUT2D eigenvalue weighted by Gasteiger charge is -2.30. The predicted molar refractivity (Wildman–Crippen MR) is 66.0 cm³/mol. The minimum absolute atomic E-state index is 0.00333. The van der Waals surface area contributed by atoms with E-state index in [0.717, 1.165) is 31.8 Å². The highest BCUT2D eigenvalue weighted by Gasteiger charge is 2.19. The highest BCUT2D eigenvalue weighted by Crippen LogP contribution is 2.15. The van der Waals surface area contributed by atoms with Crippen molar-refractivity contribution >= 4 is 11.9 Å². The first kappa shape index (κ1) is 13.6. The van der Waals surface area contributed by atoms with Crippen molar-refractivity contribution in [3.05, 3.63) is 0 Å². The van der Waals surface area contributed by atoms with Crippen LogP contribution in [-0.4, -0.2) is 41.6 Å². The van der Waals surface area contributed by atoms with Gasteiger partial charge >= 0.3 is 6.03 Å². The summed E-state index contributed by atoms with van der Waals surface area (Å²) in [5.74, 6) is 0.922. The van der Waals surface area contributed by atoms with E-state index in [9.17, 15) is 4.79 Å². The molecule has 4 N–H and O–H groups in total. The highest BCUT2D eigenvalue weighted by atomic mass is 16.4. The number of hydrogen-bond acceptors (Lipinski definition) is 3. The molecule has 0 saturated carbocycles. The Balaban J connectivity index is 2.13. The number of likely N-dealkylation sites (tertiary alicyclic amines) is 1. The first-order chi connectivity index (χ1) is 8.13. The monoisotopic (exact) mass is 242 g/mol. The van der Waals surface area contributed by atoms with Gasteiger partial charge in [-0.05, 0) is 25.2 Å². The number of rotatable bonds is 4. The number of nitrogens with zero attached hydrogens (tertiary/aromatic N) is 2. The van der Waals surface area contributed by atoms with Crippen molar-refractivity contribution in [2.24, 2.45) is 16.8 Å². The number of piperidine rings is 1. The topological polar surface area (TPSA) is 91.0 Å². The van der Waals surface area contributed by atoms with Crippen molar-refractivity contribution in [3.63, 3.8) is 0 Å². The lowest BCUT2D eigenvalue weighted by molar-refractivity contribution is 0.174. The fraction of sp³-hybridized carbons (Fsp3) is 0.818. The Labute approximate surface area is 102 Å². The number of urea groups is 1. The van der Waals surface area contributed by atoms with Crippen molar-refractivity contribution < 1.29 is 10.0 Å². The summed E-state index contributed by atoms with van der Waals surface area (Å²) in [5, 5.41) is 14.1. The van der Waals surface area contributed by atoms with E-state index in [0.29, 0.717) is 19.4 Å². The molecule has 0 unspecified atom stereocenters. The van der Waals surface area contributed by atoms with Crippen LogP contribution in [0.3, 0.4) is 0 Å². The number of amides is 2. The number of nitrogens with two attached hydrogens (primary N) is 1. The van der Waals surface area contributed by atoms with Crippen LogP contribution in [-0.2, 0) is 0 Å². The van der Waals surface area contributed by atoms with E-state index >= 15 is 0 Å². The maximum atomic E-state index is 11.7. The van der Waals surface area contributed by atoms with Gasteiger partial charge in [-0.15, -0.1) is 0 Å². The number of nitrogens with one attached hydrogen (secondary N) is 1. The number of carbonyl (C=O) groups excluding carboxylic acids is 1. The maximum Gasteiger partial charge on any atom is 0.317 e. The second-order valence-electron chi connectivity index (χ2n) is 4.60. The fourth-order valence-electron chi connectivity index (χ4n) is 1.84. The van der Waals surface area contributed by atoms with Crippen LogP contribution in [0.15, 0.2) is 5.16 Å². The molecule has 0 aliphatic carbocycles. The molecule has 6 nitrogen and oxygen atoms in total. The SMILES string of the molecule is CC1CCN(C(=O)NCCCC(N)=NO)CC1. The third-order valence-electron chi connectivity index (χ3n) is 3.09. The van der Waals surface area contributed by atoms with E-state index < -0.39 is 0 Å². The molecule has 1 fully saturated rings. The van der Waals surface area contributed by atoms with Gasteiger partial charge in [0.15, 0.2) is 0 Å². The Kier molecular flexibility index (Phi) is 5.59. The van der Waals surface area contributed by atoms with Crippen LogP contribution in [0.5, 0.6) is 0 Å². The molecular formula is C11H22N4O2. The van der Waals surface area contributed by atoms with Crippen LogP contribution in [0.1, 0.15) is 32.6 Å². The van der Waals surface area contributed by atoms with Crippen LogP contribution in [0.2, 0.25) is 0 Å². The number of amidine groups is 1. The average molecular weight is 242 g/mol. The second-order valence-corrected chi connectivity index (χ2v) is 4.60. The largest absolute Gasteiger partial charge is 0.409 e. The Hall–Kier alpha value is -1.46. The van der Waals surface area contributed by atoms with E-state index in [1.54, 1.807) is 0 Å². The molecule has 0 bridgehead atoms. The van der Waals surface area contributed by atoms with Gasteiger partial charge in [-0.25, -0.2) is 4.79 Å². The van der Waals surface area contributed by atoms with E-state index in [2.05, 4.69) is 17.4 Å². The summed E-state index contributed by atoms with van der Waals surface area (Å²) < 4.78 is 0. The van der Waals surface area contributed by atoms with Crippen molar-refractivity contribution in [3.8, 4) is 0 Å². The molecule has 2 amide bonds. The van der Waals surface area contributed by atoms with Gasteiger partial charge < -0.3 is 21.2 Å². The van der Waals surface area contributed by atoms with Crippen molar-refractivity contribution in [1.29, 1.82) is 0 Å². The number of oxime groups is 1. The lowest BCUT2D eigenvalue weighted by Crippen LogP contribution is -2.44. The van der Waals surface area contributed by atoms with Gasteiger partial charge in [0.05, 0.1) is 0 Å². The quantitative estimate of drug-likeness (QED) is 0.225. The number of carbonyl (C=O) groups is 1. The lowest BCUT2D eigenvalue weighted by atomic mass is 10.00. The third-order valence-corrected chi connectivity index (χ3v) is 3.09. The van der Waals surface area contributed by atoms with Gasteiger partial charge in [0.2, 0.25) is 0 Å². The van der Waals surface area contributed by atoms with Crippen LogP contribution in [0, 0.1) is 5.92 Å². The predicted octanol–water partition coefficient (Wildman–Crippen LogP) is 0.955. The van der Waals surface area contributed by atoms with Crippen molar-refractivity contribution in [2.45, 2.75) is 32.6 Å². The molecule has 0 aromatic carbocycles. The van der Waals surface area contributed by atoms with Crippen molar-refractivity contribution in [1.82, 2.24) is 10.2 Å². The second kappa shape index (κ2) is 6.98. The molecule has 0 aromatic heterocycles. The average Bonchev–Trinajstić information content (AvgIpc) is 2.34. The molecule has 1 heterocycles. The minimum atomic E-state index is -0.00333. The van der Waals surface area contributed by atoms with Gasteiger partial charge in [0, 0.05) is 26.1 Å². The zero-order valence-corrected chi connectivity index (χ0v) is 10.4. The first-order valence-electron chi connectivity index (χ1n) is 6.12. The minimum Gasteiger partial charge on any atom is -0.409 e. The summed E-state index contributed by atoms with van der Waals surface area (Å²) >= 11 is 0. The smallest absolute Gasteiger partial charge is 0.317 e. The molecule has 98 valence electrons. The van der Waals surface area contributed by atoms with Gasteiger partial charge in [-0.3, -0.25) is 0 Å². The molecule has 1 aliphatic heterocycles. The molecule has 1 saturated heterocycles. The van der Waals surface area contributed by atoms with Crippen LogP contribution < -0.4 is 11.1 Å². The summed E-state index contributed by atoms with van der Waals surface area (Å²) in [4.78, 5) is 13.6.